The molecule has 0 fully saturated rings. The number of ether oxygens (including phenoxy) is 1. The first kappa shape index (κ1) is 13.1. The molecule has 100 valence electrons. The van der Waals surface area contributed by atoms with Crippen LogP contribution in [0.5, 0.6) is 11.5 Å². The van der Waals surface area contributed by atoms with Gasteiger partial charge in [0.2, 0.25) is 0 Å². The third-order valence-electron chi connectivity index (χ3n) is 3.05. The molecular formula is C16H13BrN2O. The molecule has 0 atom stereocenters. The zero-order chi connectivity index (χ0) is 13.9. The molecule has 3 aromatic rings. The summed E-state index contributed by atoms with van der Waals surface area (Å²) >= 11 is 3.51. The minimum absolute atomic E-state index is 0.509. The summed E-state index contributed by atoms with van der Waals surface area (Å²) in [6.45, 7) is 0.509. The topological polar surface area (TPSA) is 48.1 Å². The second-order valence-corrected chi connectivity index (χ2v) is 5.26. The first-order chi connectivity index (χ1) is 9.78. The van der Waals surface area contributed by atoms with Crippen LogP contribution < -0.4 is 10.5 Å². The highest BCUT2D eigenvalue weighted by atomic mass is 79.9. The van der Waals surface area contributed by atoms with Gasteiger partial charge in [-0.05, 0) is 45.8 Å². The van der Waals surface area contributed by atoms with E-state index in [1.165, 1.54) is 0 Å². The number of pyridine rings is 1. The van der Waals surface area contributed by atoms with Gasteiger partial charge < -0.3 is 10.5 Å². The van der Waals surface area contributed by atoms with Crippen LogP contribution in [-0.2, 0) is 6.54 Å². The standard InChI is InChI=1S/C16H13BrN2O/c17-13-9-11(10-18)6-7-14(13)20-15-5-1-3-12-4-2-8-19-16(12)15/h1-9H,10,18H2. The van der Waals surface area contributed by atoms with Crippen molar-refractivity contribution in [3.63, 3.8) is 0 Å². The molecule has 2 aromatic carbocycles. The number of fused-ring (bicyclic) bond motifs is 1. The fourth-order valence-electron chi connectivity index (χ4n) is 2.03. The van der Waals surface area contributed by atoms with E-state index in [2.05, 4.69) is 20.9 Å². The van der Waals surface area contributed by atoms with Crippen molar-refractivity contribution in [3.05, 3.63) is 64.8 Å². The highest BCUT2D eigenvalue weighted by Crippen LogP contribution is 2.33. The quantitative estimate of drug-likeness (QED) is 0.781. The Morgan fingerprint density at radius 3 is 2.70 bits per heavy atom. The highest BCUT2D eigenvalue weighted by molar-refractivity contribution is 9.10. The van der Waals surface area contributed by atoms with Crippen molar-refractivity contribution in [1.82, 2.24) is 4.98 Å². The number of nitrogens with zero attached hydrogens (tertiary/aromatic N) is 1. The van der Waals surface area contributed by atoms with Gasteiger partial charge in [0.15, 0.2) is 5.75 Å². The molecule has 2 N–H and O–H groups in total. The van der Waals surface area contributed by atoms with E-state index in [4.69, 9.17) is 10.5 Å². The van der Waals surface area contributed by atoms with Crippen LogP contribution >= 0.6 is 15.9 Å². The lowest BCUT2D eigenvalue weighted by molar-refractivity contribution is 0.484. The zero-order valence-electron chi connectivity index (χ0n) is 10.7. The Bertz CT molecular complexity index is 753. The predicted molar refractivity (Wildman–Crippen MR) is 83.9 cm³/mol. The summed E-state index contributed by atoms with van der Waals surface area (Å²) in [6, 6.07) is 15.7. The fourth-order valence-corrected chi connectivity index (χ4v) is 2.54. The highest BCUT2D eigenvalue weighted by Gasteiger charge is 2.07. The molecular weight excluding hydrogens is 316 g/mol. The SMILES string of the molecule is NCc1ccc(Oc2cccc3cccnc23)c(Br)c1. The molecule has 20 heavy (non-hydrogen) atoms. The summed E-state index contributed by atoms with van der Waals surface area (Å²) in [4.78, 5) is 4.38. The Morgan fingerprint density at radius 2 is 1.90 bits per heavy atom. The van der Waals surface area contributed by atoms with Crippen molar-refractivity contribution in [3.8, 4) is 11.5 Å². The maximum absolute atomic E-state index is 5.97. The number of rotatable bonds is 3. The van der Waals surface area contributed by atoms with Crippen molar-refractivity contribution in [2.24, 2.45) is 5.73 Å². The average Bonchev–Trinajstić information content (AvgIpc) is 2.49. The monoisotopic (exact) mass is 328 g/mol. The molecule has 0 unspecified atom stereocenters. The van der Waals surface area contributed by atoms with E-state index < -0.39 is 0 Å². The Balaban J connectivity index is 2.01. The molecule has 3 nitrogen and oxygen atoms in total. The number of hydrogen-bond acceptors (Lipinski definition) is 3. The lowest BCUT2D eigenvalue weighted by atomic mass is 10.2. The van der Waals surface area contributed by atoms with Crippen molar-refractivity contribution < 1.29 is 4.74 Å². The number of nitrogens with two attached hydrogens (primary N) is 1. The minimum atomic E-state index is 0.509. The molecule has 0 saturated carbocycles. The molecule has 1 aromatic heterocycles. The van der Waals surface area contributed by atoms with Crippen LogP contribution in [0, 0.1) is 0 Å². The van der Waals surface area contributed by atoms with Gasteiger partial charge in [0.05, 0.1) is 4.47 Å². The van der Waals surface area contributed by atoms with Crippen LogP contribution in [0.1, 0.15) is 5.56 Å². The zero-order valence-corrected chi connectivity index (χ0v) is 12.3. The minimum Gasteiger partial charge on any atom is -0.454 e. The Hall–Kier alpha value is -1.91. The molecule has 0 aliphatic rings. The molecule has 0 radical (unpaired) electrons. The van der Waals surface area contributed by atoms with Gasteiger partial charge in [0.1, 0.15) is 11.3 Å². The van der Waals surface area contributed by atoms with Crippen molar-refractivity contribution >= 4 is 26.8 Å². The summed E-state index contributed by atoms with van der Waals surface area (Å²) in [5.41, 5.74) is 7.53. The van der Waals surface area contributed by atoms with Gasteiger partial charge in [-0.3, -0.25) is 4.98 Å². The average molecular weight is 329 g/mol. The number of aromatic nitrogens is 1. The van der Waals surface area contributed by atoms with Crippen LogP contribution in [0.4, 0.5) is 0 Å². The smallest absolute Gasteiger partial charge is 0.153 e. The Kier molecular flexibility index (Phi) is 3.67. The van der Waals surface area contributed by atoms with Gasteiger partial charge in [-0.15, -0.1) is 0 Å². The fraction of sp³-hybridized carbons (Fsp3) is 0.0625. The summed E-state index contributed by atoms with van der Waals surface area (Å²) < 4.78 is 6.85. The normalized spacial score (nSPS) is 10.7. The molecule has 0 amide bonds. The van der Waals surface area contributed by atoms with Crippen LogP contribution in [0.25, 0.3) is 10.9 Å². The number of hydrogen-bond donors (Lipinski definition) is 1. The van der Waals surface area contributed by atoms with E-state index in [1.54, 1.807) is 6.20 Å². The van der Waals surface area contributed by atoms with Gasteiger partial charge in [-0.2, -0.15) is 0 Å². The van der Waals surface area contributed by atoms with E-state index in [1.807, 2.05) is 48.5 Å². The third kappa shape index (κ3) is 2.53. The van der Waals surface area contributed by atoms with Crippen molar-refractivity contribution in [2.45, 2.75) is 6.54 Å². The van der Waals surface area contributed by atoms with E-state index in [0.717, 1.165) is 32.4 Å². The van der Waals surface area contributed by atoms with Crippen LogP contribution in [0.3, 0.4) is 0 Å². The number of halogens is 1. The second-order valence-electron chi connectivity index (χ2n) is 4.40. The first-order valence-corrected chi connectivity index (χ1v) is 7.07. The second kappa shape index (κ2) is 5.61. The Labute approximate surface area is 125 Å². The van der Waals surface area contributed by atoms with Crippen LogP contribution in [-0.4, -0.2) is 4.98 Å². The summed E-state index contributed by atoms with van der Waals surface area (Å²) in [5.74, 6) is 1.49. The molecule has 3 rings (SSSR count). The molecule has 0 spiro atoms. The molecule has 1 heterocycles. The molecule has 0 aliphatic carbocycles. The molecule has 4 heteroatoms. The molecule has 0 saturated heterocycles. The van der Waals surface area contributed by atoms with Crippen molar-refractivity contribution in [1.29, 1.82) is 0 Å². The van der Waals surface area contributed by atoms with E-state index in [9.17, 15) is 0 Å². The first-order valence-electron chi connectivity index (χ1n) is 6.28. The summed E-state index contributed by atoms with van der Waals surface area (Å²) in [5, 5.41) is 1.06. The Morgan fingerprint density at radius 1 is 1.05 bits per heavy atom. The van der Waals surface area contributed by atoms with Gasteiger partial charge in [0.25, 0.3) is 0 Å². The third-order valence-corrected chi connectivity index (χ3v) is 3.67. The van der Waals surface area contributed by atoms with Crippen LogP contribution in [0.15, 0.2) is 59.2 Å². The van der Waals surface area contributed by atoms with E-state index in [0.29, 0.717) is 6.54 Å². The maximum atomic E-state index is 5.97. The van der Waals surface area contributed by atoms with Gasteiger partial charge in [0, 0.05) is 18.1 Å². The van der Waals surface area contributed by atoms with Gasteiger partial charge >= 0.3 is 0 Å². The lowest BCUT2D eigenvalue weighted by Gasteiger charge is -2.10. The van der Waals surface area contributed by atoms with Crippen LogP contribution in [0.2, 0.25) is 0 Å². The summed E-state index contributed by atoms with van der Waals surface area (Å²) in [7, 11) is 0. The number of para-hydroxylation sites is 1. The lowest BCUT2D eigenvalue weighted by Crippen LogP contribution is -1.96. The van der Waals surface area contributed by atoms with Gasteiger partial charge in [-0.1, -0.05) is 24.3 Å². The largest absolute Gasteiger partial charge is 0.454 e. The molecule has 0 bridgehead atoms. The number of benzene rings is 2. The van der Waals surface area contributed by atoms with E-state index in [-0.39, 0.29) is 0 Å². The van der Waals surface area contributed by atoms with Crippen molar-refractivity contribution in [2.75, 3.05) is 0 Å². The summed E-state index contributed by atoms with van der Waals surface area (Å²) in [6.07, 6.45) is 1.77. The predicted octanol–water partition coefficient (Wildman–Crippen LogP) is 4.25. The van der Waals surface area contributed by atoms with Gasteiger partial charge in [-0.25, -0.2) is 0 Å². The van der Waals surface area contributed by atoms with E-state index >= 15 is 0 Å². The molecule has 0 aliphatic heterocycles. The maximum Gasteiger partial charge on any atom is 0.153 e.